The van der Waals surface area contributed by atoms with E-state index in [-0.39, 0.29) is 0 Å². The van der Waals surface area contributed by atoms with Crippen LogP contribution in [0.15, 0.2) is 17.4 Å². The van der Waals surface area contributed by atoms with Crippen molar-refractivity contribution in [2.75, 3.05) is 20.1 Å². The van der Waals surface area contributed by atoms with E-state index in [0.717, 1.165) is 42.7 Å². The molecule has 0 radical (unpaired) electrons. The second kappa shape index (κ2) is 6.70. The fourth-order valence-corrected chi connectivity index (χ4v) is 3.98. The summed E-state index contributed by atoms with van der Waals surface area (Å²) >= 11 is 1.75. The Morgan fingerprint density at radius 2 is 2.30 bits per heavy atom. The normalized spacial score (nSPS) is 18.7. The molecule has 0 aromatic carbocycles. The van der Waals surface area contributed by atoms with Gasteiger partial charge in [-0.05, 0) is 25.8 Å². The molecule has 2 aromatic rings. The van der Waals surface area contributed by atoms with Gasteiger partial charge < -0.3 is 10.2 Å². The summed E-state index contributed by atoms with van der Waals surface area (Å²) in [5, 5.41) is 8.89. The molecule has 1 saturated heterocycles. The SMILES string of the molecule is CN=C(NCc1sc(C)nc1C)N1CCC(c2cnn(C)c2)C1. The third kappa shape index (κ3) is 3.55. The number of nitrogens with zero attached hydrogens (tertiary/aromatic N) is 5. The van der Waals surface area contributed by atoms with E-state index in [4.69, 9.17) is 0 Å². The Morgan fingerprint density at radius 3 is 2.91 bits per heavy atom. The lowest BCUT2D eigenvalue weighted by molar-refractivity contribution is 0.486. The molecule has 0 bridgehead atoms. The monoisotopic (exact) mass is 332 g/mol. The number of hydrogen-bond acceptors (Lipinski definition) is 4. The Hall–Kier alpha value is -1.89. The predicted molar refractivity (Wildman–Crippen MR) is 93.9 cm³/mol. The average Bonchev–Trinajstić information content (AvgIpc) is 3.21. The lowest BCUT2D eigenvalue weighted by Gasteiger charge is -2.21. The smallest absolute Gasteiger partial charge is 0.193 e. The van der Waals surface area contributed by atoms with Gasteiger partial charge in [-0.15, -0.1) is 11.3 Å². The Labute approximate surface area is 141 Å². The molecule has 1 fully saturated rings. The Kier molecular flexibility index (Phi) is 4.66. The minimum Gasteiger partial charge on any atom is -0.351 e. The minimum absolute atomic E-state index is 0.537. The third-order valence-electron chi connectivity index (χ3n) is 4.30. The molecule has 7 heteroatoms. The molecule has 0 aliphatic carbocycles. The quantitative estimate of drug-likeness (QED) is 0.690. The van der Waals surface area contributed by atoms with Crippen LogP contribution in [0.25, 0.3) is 0 Å². The zero-order valence-electron chi connectivity index (χ0n) is 14.2. The molecular weight excluding hydrogens is 308 g/mol. The topological polar surface area (TPSA) is 58.3 Å². The van der Waals surface area contributed by atoms with Crippen molar-refractivity contribution in [3.8, 4) is 0 Å². The van der Waals surface area contributed by atoms with Gasteiger partial charge in [-0.3, -0.25) is 9.67 Å². The van der Waals surface area contributed by atoms with Gasteiger partial charge in [-0.25, -0.2) is 4.98 Å². The number of likely N-dealkylation sites (tertiary alicyclic amines) is 1. The lowest BCUT2D eigenvalue weighted by Crippen LogP contribution is -2.39. The van der Waals surface area contributed by atoms with Crippen molar-refractivity contribution in [3.05, 3.63) is 33.5 Å². The molecule has 2 aromatic heterocycles. The van der Waals surface area contributed by atoms with Crippen LogP contribution in [0.4, 0.5) is 0 Å². The van der Waals surface area contributed by atoms with E-state index in [0.29, 0.717) is 5.92 Å². The number of rotatable bonds is 3. The first kappa shape index (κ1) is 16.0. The molecule has 1 N–H and O–H groups in total. The summed E-state index contributed by atoms with van der Waals surface area (Å²) in [7, 11) is 3.82. The standard InChI is InChI=1S/C16H24N6S/c1-11-15(23-12(2)20-11)8-18-16(17-3)22-6-5-13(10-22)14-7-19-21(4)9-14/h7,9,13H,5-6,8,10H2,1-4H3,(H,17,18). The highest BCUT2D eigenvalue weighted by Crippen LogP contribution is 2.26. The van der Waals surface area contributed by atoms with Gasteiger partial charge in [0.2, 0.25) is 0 Å². The molecule has 0 spiro atoms. The third-order valence-corrected chi connectivity index (χ3v) is 5.38. The second-order valence-corrected chi connectivity index (χ2v) is 7.31. The zero-order valence-corrected chi connectivity index (χ0v) is 15.0. The molecule has 6 nitrogen and oxygen atoms in total. The van der Waals surface area contributed by atoms with Crippen molar-refractivity contribution in [2.24, 2.45) is 12.0 Å². The molecule has 3 heterocycles. The Bertz CT molecular complexity index is 701. The van der Waals surface area contributed by atoms with Crippen LogP contribution < -0.4 is 5.32 Å². The summed E-state index contributed by atoms with van der Waals surface area (Å²) in [6, 6.07) is 0. The van der Waals surface area contributed by atoms with Gasteiger partial charge in [0, 0.05) is 44.2 Å². The first-order valence-corrected chi connectivity index (χ1v) is 8.75. The van der Waals surface area contributed by atoms with Crippen molar-refractivity contribution < 1.29 is 0 Å². The zero-order chi connectivity index (χ0) is 16.4. The molecule has 124 valence electrons. The van der Waals surface area contributed by atoms with E-state index in [1.54, 1.807) is 11.3 Å². The summed E-state index contributed by atoms with van der Waals surface area (Å²) in [6.45, 7) is 6.93. The predicted octanol–water partition coefficient (Wildman–Crippen LogP) is 2.06. The van der Waals surface area contributed by atoms with Gasteiger partial charge in [-0.1, -0.05) is 0 Å². The average molecular weight is 332 g/mol. The Morgan fingerprint density at radius 1 is 1.48 bits per heavy atom. The highest BCUT2D eigenvalue weighted by Gasteiger charge is 2.26. The fraction of sp³-hybridized carbons (Fsp3) is 0.562. The molecule has 3 rings (SSSR count). The van der Waals surface area contributed by atoms with Gasteiger partial charge in [0.25, 0.3) is 0 Å². The number of nitrogens with one attached hydrogen (secondary N) is 1. The molecule has 1 unspecified atom stereocenters. The largest absolute Gasteiger partial charge is 0.351 e. The summed E-state index contributed by atoms with van der Waals surface area (Å²) < 4.78 is 1.87. The van der Waals surface area contributed by atoms with Crippen molar-refractivity contribution in [2.45, 2.75) is 32.7 Å². The first-order valence-electron chi connectivity index (χ1n) is 7.94. The van der Waals surface area contributed by atoms with Crippen LogP contribution in [0.2, 0.25) is 0 Å². The van der Waals surface area contributed by atoms with Crippen LogP contribution in [-0.2, 0) is 13.6 Å². The number of guanidine groups is 1. The van der Waals surface area contributed by atoms with Crippen LogP contribution in [0.1, 0.15) is 33.5 Å². The van der Waals surface area contributed by atoms with Crippen molar-refractivity contribution in [3.63, 3.8) is 0 Å². The maximum atomic E-state index is 4.48. The molecule has 0 saturated carbocycles. The van der Waals surface area contributed by atoms with E-state index in [1.165, 1.54) is 10.4 Å². The number of aliphatic imine (C=N–C) groups is 1. The summed E-state index contributed by atoms with van der Waals surface area (Å²) in [5.74, 6) is 1.51. The van der Waals surface area contributed by atoms with E-state index in [1.807, 2.05) is 25.0 Å². The van der Waals surface area contributed by atoms with Gasteiger partial charge in [-0.2, -0.15) is 5.10 Å². The van der Waals surface area contributed by atoms with Gasteiger partial charge >= 0.3 is 0 Å². The second-order valence-electron chi connectivity index (χ2n) is 6.02. The lowest BCUT2D eigenvalue weighted by atomic mass is 10.0. The number of aryl methyl sites for hydroxylation is 3. The van der Waals surface area contributed by atoms with Crippen LogP contribution in [-0.4, -0.2) is 45.8 Å². The van der Waals surface area contributed by atoms with Gasteiger partial charge in [0.15, 0.2) is 5.96 Å². The highest BCUT2D eigenvalue weighted by atomic mass is 32.1. The minimum atomic E-state index is 0.537. The maximum absolute atomic E-state index is 4.48. The summed E-state index contributed by atoms with van der Waals surface area (Å²) in [4.78, 5) is 12.6. The van der Waals surface area contributed by atoms with Crippen LogP contribution >= 0.6 is 11.3 Å². The van der Waals surface area contributed by atoms with E-state index in [9.17, 15) is 0 Å². The first-order chi connectivity index (χ1) is 11.1. The molecule has 23 heavy (non-hydrogen) atoms. The van der Waals surface area contributed by atoms with E-state index in [2.05, 4.69) is 45.3 Å². The molecule has 1 aliphatic heterocycles. The van der Waals surface area contributed by atoms with Crippen molar-refractivity contribution in [1.82, 2.24) is 25.0 Å². The fourth-order valence-electron chi connectivity index (χ4n) is 3.10. The molecule has 1 atom stereocenters. The summed E-state index contributed by atoms with van der Waals surface area (Å²) in [6.07, 6.45) is 5.24. The number of thiazole rings is 1. The van der Waals surface area contributed by atoms with Crippen LogP contribution in [0, 0.1) is 13.8 Å². The van der Waals surface area contributed by atoms with Crippen molar-refractivity contribution in [1.29, 1.82) is 0 Å². The van der Waals surface area contributed by atoms with E-state index >= 15 is 0 Å². The van der Waals surface area contributed by atoms with E-state index < -0.39 is 0 Å². The van der Waals surface area contributed by atoms with Gasteiger partial charge in [0.05, 0.1) is 23.4 Å². The van der Waals surface area contributed by atoms with Gasteiger partial charge in [0.1, 0.15) is 0 Å². The maximum Gasteiger partial charge on any atom is 0.193 e. The highest BCUT2D eigenvalue weighted by molar-refractivity contribution is 7.11. The number of hydrogen-bond donors (Lipinski definition) is 1. The number of aromatic nitrogens is 3. The summed E-state index contributed by atoms with van der Waals surface area (Å²) in [5.41, 5.74) is 2.43. The van der Waals surface area contributed by atoms with Crippen LogP contribution in [0.3, 0.4) is 0 Å². The molecule has 1 aliphatic rings. The van der Waals surface area contributed by atoms with Crippen molar-refractivity contribution >= 4 is 17.3 Å². The molecule has 0 amide bonds. The Balaban J connectivity index is 1.60. The van der Waals surface area contributed by atoms with Crippen LogP contribution in [0.5, 0.6) is 0 Å². The molecular formula is C16H24N6S.